The molecule has 0 saturated heterocycles. The zero-order chi connectivity index (χ0) is 21.6. The fraction of sp³-hybridized carbons (Fsp3) is 0.182. The standard InChI is InChI=1S/C22H21N5OS3/c1-15-8-10-17(11-9-15)29-13-19-25-26-22(27(19)2)31-14-20(28)24-21-23-18(12-30-21)16-6-4-3-5-7-16/h3-12H,13-14H2,1-2H3,(H,23,24,28). The van der Waals surface area contributed by atoms with Gasteiger partial charge in [0.1, 0.15) is 5.82 Å². The first kappa shape index (κ1) is 21.6. The molecule has 2 aromatic carbocycles. The Hall–Kier alpha value is -2.62. The van der Waals surface area contributed by atoms with Crippen LogP contribution in [0.1, 0.15) is 11.4 Å². The van der Waals surface area contributed by atoms with Crippen molar-refractivity contribution in [2.75, 3.05) is 11.1 Å². The molecule has 0 unspecified atom stereocenters. The van der Waals surface area contributed by atoms with Gasteiger partial charge in [0, 0.05) is 22.9 Å². The molecule has 0 radical (unpaired) electrons. The van der Waals surface area contributed by atoms with E-state index in [4.69, 9.17) is 0 Å². The molecule has 9 heteroatoms. The zero-order valence-electron chi connectivity index (χ0n) is 17.1. The molecule has 0 aliphatic heterocycles. The maximum atomic E-state index is 12.4. The van der Waals surface area contributed by atoms with Gasteiger partial charge in [-0.15, -0.1) is 33.3 Å². The first-order chi connectivity index (χ1) is 15.1. The molecule has 31 heavy (non-hydrogen) atoms. The number of nitrogens with one attached hydrogen (secondary N) is 1. The Kier molecular flexibility index (Phi) is 7.06. The van der Waals surface area contributed by atoms with Crippen molar-refractivity contribution in [2.24, 2.45) is 7.05 Å². The third kappa shape index (κ3) is 5.75. The Labute approximate surface area is 193 Å². The van der Waals surface area contributed by atoms with Crippen LogP contribution in [0.15, 0.2) is 70.0 Å². The maximum absolute atomic E-state index is 12.4. The molecule has 6 nitrogen and oxygen atoms in total. The molecule has 4 aromatic rings. The Morgan fingerprint density at radius 3 is 2.61 bits per heavy atom. The number of amides is 1. The number of hydrogen-bond donors (Lipinski definition) is 1. The number of nitrogens with zero attached hydrogens (tertiary/aromatic N) is 4. The summed E-state index contributed by atoms with van der Waals surface area (Å²) in [6, 6.07) is 18.3. The van der Waals surface area contributed by atoms with Crippen LogP contribution in [-0.4, -0.2) is 31.4 Å². The molecular weight excluding hydrogens is 446 g/mol. The average molecular weight is 468 g/mol. The molecule has 2 heterocycles. The number of aromatic nitrogens is 4. The summed E-state index contributed by atoms with van der Waals surface area (Å²) in [6.07, 6.45) is 0. The van der Waals surface area contributed by atoms with Gasteiger partial charge in [0.15, 0.2) is 10.3 Å². The van der Waals surface area contributed by atoms with Gasteiger partial charge >= 0.3 is 0 Å². The van der Waals surface area contributed by atoms with Gasteiger partial charge in [-0.05, 0) is 19.1 Å². The summed E-state index contributed by atoms with van der Waals surface area (Å²) < 4.78 is 1.94. The Morgan fingerprint density at radius 1 is 1.06 bits per heavy atom. The predicted molar refractivity (Wildman–Crippen MR) is 129 cm³/mol. The van der Waals surface area contributed by atoms with Crippen LogP contribution < -0.4 is 5.32 Å². The maximum Gasteiger partial charge on any atom is 0.236 e. The van der Waals surface area contributed by atoms with Crippen LogP contribution in [0, 0.1) is 6.92 Å². The SMILES string of the molecule is Cc1ccc(SCc2nnc(SCC(=O)Nc3nc(-c4ccccc4)cs3)n2C)cc1. The average Bonchev–Trinajstić information content (AvgIpc) is 3.39. The Morgan fingerprint density at radius 2 is 1.84 bits per heavy atom. The fourth-order valence-electron chi connectivity index (χ4n) is 2.74. The molecule has 1 amide bonds. The van der Waals surface area contributed by atoms with Gasteiger partial charge in [-0.1, -0.05) is 59.8 Å². The van der Waals surface area contributed by atoms with E-state index < -0.39 is 0 Å². The summed E-state index contributed by atoms with van der Waals surface area (Å²) in [5.74, 6) is 1.73. The zero-order valence-corrected chi connectivity index (χ0v) is 19.6. The highest BCUT2D eigenvalue weighted by atomic mass is 32.2. The second kappa shape index (κ2) is 10.1. The third-order valence-corrected chi connectivity index (χ3v) is 7.25. The summed E-state index contributed by atoms with van der Waals surface area (Å²) in [6.45, 7) is 2.08. The van der Waals surface area contributed by atoms with Crippen LogP contribution in [0.3, 0.4) is 0 Å². The minimum atomic E-state index is -0.113. The van der Waals surface area contributed by atoms with E-state index in [1.54, 1.807) is 11.8 Å². The van der Waals surface area contributed by atoms with Crippen LogP contribution in [-0.2, 0) is 17.6 Å². The van der Waals surface area contributed by atoms with Crippen molar-refractivity contribution < 1.29 is 4.79 Å². The van der Waals surface area contributed by atoms with E-state index in [0.29, 0.717) is 5.13 Å². The van der Waals surface area contributed by atoms with Gasteiger partial charge in [0.2, 0.25) is 5.91 Å². The molecule has 2 aromatic heterocycles. The number of anilines is 1. The Bertz CT molecular complexity index is 1160. The number of rotatable bonds is 8. The van der Waals surface area contributed by atoms with Crippen LogP contribution in [0.5, 0.6) is 0 Å². The molecule has 158 valence electrons. The van der Waals surface area contributed by atoms with Crippen molar-refractivity contribution >= 4 is 45.9 Å². The topological polar surface area (TPSA) is 72.7 Å². The second-order valence-corrected chi connectivity index (χ2v) is 9.65. The molecule has 0 aliphatic rings. The van der Waals surface area contributed by atoms with Crippen molar-refractivity contribution in [1.82, 2.24) is 19.7 Å². The minimum absolute atomic E-state index is 0.113. The van der Waals surface area contributed by atoms with Gasteiger partial charge < -0.3 is 9.88 Å². The summed E-state index contributed by atoms with van der Waals surface area (Å²) >= 11 is 4.50. The van der Waals surface area contributed by atoms with Gasteiger partial charge in [0.05, 0.1) is 17.2 Å². The number of thioether (sulfide) groups is 2. The van der Waals surface area contributed by atoms with Crippen molar-refractivity contribution in [2.45, 2.75) is 22.7 Å². The lowest BCUT2D eigenvalue weighted by molar-refractivity contribution is -0.113. The van der Waals surface area contributed by atoms with E-state index in [1.807, 2.05) is 47.3 Å². The van der Waals surface area contributed by atoms with Crippen molar-refractivity contribution in [3.8, 4) is 11.3 Å². The lowest BCUT2D eigenvalue weighted by Crippen LogP contribution is -2.14. The highest BCUT2D eigenvalue weighted by molar-refractivity contribution is 7.99. The van der Waals surface area contributed by atoms with Crippen LogP contribution in [0.25, 0.3) is 11.3 Å². The van der Waals surface area contributed by atoms with E-state index in [9.17, 15) is 4.79 Å². The summed E-state index contributed by atoms with van der Waals surface area (Å²) in [5, 5.41) is 14.6. The first-order valence-electron chi connectivity index (χ1n) is 9.60. The molecule has 0 aliphatic carbocycles. The molecule has 0 spiro atoms. The smallest absolute Gasteiger partial charge is 0.236 e. The van der Waals surface area contributed by atoms with E-state index in [-0.39, 0.29) is 11.7 Å². The van der Waals surface area contributed by atoms with Crippen molar-refractivity contribution in [3.05, 3.63) is 71.4 Å². The highest BCUT2D eigenvalue weighted by Gasteiger charge is 2.13. The quantitative estimate of drug-likeness (QED) is 0.356. The monoisotopic (exact) mass is 467 g/mol. The van der Waals surface area contributed by atoms with E-state index >= 15 is 0 Å². The van der Waals surface area contributed by atoms with Gasteiger partial charge in [-0.3, -0.25) is 4.79 Å². The molecular formula is C22H21N5OS3. The molecule has 0 saturated carbocycles. The number of aryl methyl sites for hydroxylation is 1. The predicted octanol–water partition coefficient (Wildman–Crippen LogP) is 5.27. The molecule has 0 fully saturated rings. The number of benzene rings is 2. The number of carbonyl (C=O) groups excluding carboxylic acids is 1. The highest BCUT2D eigenvalue weighted by Crippen LogP contribution is 2.26. The number of thiazole rings is 1. The molecule has 0 atom stereocenters. The third-order valence-electron chi connectivity index (χ3n) is 4.47. The van der Waals surface area contributed by atoms with E-state index in [0.717, 1.165) is 28.0 Å². The lowest BCUT2D eigenvalue weighted by atomic mass is 10.2. The summed E-state index contributed by atoms with van der Waals surface area (Å²) in [5.41, 5.74) is 3.13. The number of hydrogen-bond acceptors (Lipinski definition) is 7. The summed E-state index contributed by atoms with van der Waals surface area (Å²) in [4.78, 5) is 18.1. The van der Waals surface area contributed by atoms with E-state index in [1.165, 1.54) is 33.6 Å². The number of carbonyl (C=O) groups is 1. The lowest BCUT2D eigenvalue weighted by Gasteiger charge is -2.04. The van der Waals surface area contributed by atoms with E-state index in [2.05, 4.69) is 51.7 Å². The molecule has 4 rings (SSSR count). The summed E-state index contributed by atoms with van der Waals surface area (Å²) in [7, 11) is 1.93. The van der Waals surface area contributed by atoms with Crippen LogP contribution in [0.2, 0.25) is 0 Å². The normalized spacial score (nSPS) is 10.9. The first-order valence-corrected chi connectivity index (χ1v) is 12.4. The molecule has 0 bridgehead atoms. The van der Waals surface area contributed by atoms with Crippen molar-refractivity contribution in [1.29, 1.82) is 0 Å². The van der Waals surface area contributed by atoms with Gasteiger partial charge in [-0.2, -0.15) is 0 Å². The second-order valence-electron chi connectivity index (χ2n) is 6.80. The van der Waals surface area contributed by atoms with Crippen molar-refractivity contribution in [3.63, 3.8) is 0 Å². The van der Waals surface area contributed by atoms with Gasteiger partial charge in [0.25, 0.3) is 0 Å². The molecule has 1 N–H and O–H groups in total. The fourth-order valence-corrected chi connectivity index (χ4v) is 5.08. The largest absolute Gasteiger partial charge is 0.308 e. The van der Waals surface area contributed by atoms with Gasteiger partial charge in [-0.25, -0.2) is 4.98 Å². The van der Waals surface area contributed by atoms with Crippen LogP contribution >= 0.6 is 34.9 Å². The minimum Gasteiger partial charge on any atom is -0.308 e. The Balaban J connectivity index is 1.29. The van der Waals surface area contributed by atoms with Crippen LogP contribution in [0.4, 0.5) is 5.13 Å².